The molecule has 25 heavy (non-hydrogen) atoms. The highest BCUT2D eigenvalue weighted by Crippen LogP contribution is 2.35. The van der Waals surface area contributed by atoms with E-state index in [2.05, 4.69) is 0 Å². The molecule has 132 valence electrons. The molecule has 1 aliphatic heterocycles. The van der Waals surface area contributed by atoms with Gasteiger partial charge in [0.1, 0.15) is 12.4 Å². The number of thioether (sulfide) groups is 1. The summed E-state index contributed by atoms with van der Waals surface area (Å²) in [6.45, 7) is 1.85. The summed E-state index contributed by atoms with van der Waals surface area (Å²) in [5, 5.41) is 0.101. The zero-order chi connectivity index (χ0) is 17.5. The van der Waals surface area contributed by atoms with E-state index in [1.54, 1.807) is 17.8 Å². The Morgan fingerprint density at radius 3 is 2.68 bits per heavy atom. The second-order valence-electron chi connectivity index (χ2n) is 6.03. The van der Waals surface area contributed by atoms with Crippen molar-refractivity contribution in [3.8, 4) is 0 Å². The predicted molar refractivity (Wildman–Crippen MR) is 98.9 cm³/mol. The van der Waals surface area contributed by atoms with Gasteiger partial charge in [-0.25, -0.2) is 4.39 Å². The number of carbonyl (C=O) groups is 1. The Hall–Kier alpha value is -1.85. The molecule has 2 aromatic rings. The molecule has 1 unspecified atom stereocenters. The molecule has 0 radical (unpaired) electrons. The zero-order valence-corrected chi connectivity index (χ0v) is 14.9. The molecule has 1 heterocycles. The Kier molecular flexibility index (Phi) is 6.48. The highest BCUT2D eigenvalue weighted by Gasteiger charge is 2.23. The number of hydrogen-bond acceptors (Lipinski definition) is 3. The minimum absolute atomic E-state index is 0.00529. The van der Waals surface area contributed by atoms with Crippen molar-refractivity contribution in [3.63, 3.8) is 0 Å². The normalized spacial score (nSPS) is 18.0. The average molecular weight is 359 g/mol. The van der Waals surface area contributed by atoms with E-state index in [9.17, 15) is 9.18 Å². The van der Waals surface area contributed by atoms with E-state index in [-0.39, 0.29) is 23.6 Å². The number of nitrogens with zero attached hydrogens (tertiary/aromatic N) is 1. The van der Waals surface area contributed by atoms with Gasteiger partial charge in [-0.3, -0.25) is 4.79 Å². The van der Waals surface area contributed by atoms with E-state index in [0.29, 0.717) is 19.7 Å². The van der Waals surface area contributed by atoms with Crippen LogP contribution in [0.15, 0.2) is 54.6 Å². The molecule has 1 amide bonds. The smallest absolute Gasteiger partial charge is 0.248 e. The maximum Gasteiger partial charge on any atom is 0.248 e. The van der Waals surface area contributed by atoms with Crippen molar-refractivity contribution in [3.05, 3.63) is 71.5 Å². The maximum atomic E-state index is 14.0. The van der Waals surface area contributed by atoms with Gasteiger partial charge in [-0.1, -0.05) is 48.5 Å². The SMILES string of the molecule is O=C(COCc1ccccc1)N1CCSC(c2ccccc2F)CC1. The molecule has 1 fully saturated rings. The van der Waals surface area contributed by atoms with Gasteiger partial charge in [-0.15, -0.1) is 0 Å². The summed E-state index contributed by atoms with van der Waals surface area (Å²) >= 11 is 1.72. The van der Waals surface area contributed by atoms with E-state index >= 15 is 0 Å². The second-order valence-corrected chi connectivity index (χ2v) is 7.34. The minimum Gasteiger partial charge on any atom is -0.367 e. The average Bonchev–Trinajstić information content (AvgIpc) is 2.89. The number of amides is 1. The molecule has 0 bridgehead atoms. The van der Waals surface area contributed by atoms with E-state index < -0.39 is 0 Å². The number of halogens is 1. The van der Waals surface area contributed by atoms with Gasteiger partial charge in [-0.05, 0) is 18.1 Å². The zero-order valence-electron chi connectivity index (χ0n) is 14.1. The summed E-state index contributed by atoms with van der Waals surface area (Å²) in [5.41, 5.74) is 1.79. The van der Waals surface area contributed by atoms with Crippen LogP contribution in [0.4, 0.5) is 4.39 Å². The van der Waals surface area contributed by atoms with Gasteiger partial charge in [-0.2, -0.15) is 11.8 Å². The standard InChI is InChI=1S/C20H22FNO2S/c21-18-9-5-4-8-17(18)19-10-11-22(12-13-25-19)20(23)15-24-14-16-6-2-1-3-7-16/h1-9,19H,10-15H2. The van der Waals surface area contributed by atoms with Gasteiger partial charge < -0.3 is 9.64 Å². The predicted octanol–water partition coefficient (Wildman–Crippen LogP) is 4.05. The van der Waals surface area contributed by atoms with Gasteiger partial charge >= 0.3 is 0 Å². The summed E-state index contributed by atoms with van der Waals surface area (Å²) < 4.78 is 19.5. The molecule has 1 saturated heterocycles. The summed E-state index contributed by atoms with van der Waals surface area (Å²) in [4.78, 5) is 14.2. The summed E-state index contributed by atoms with van der Waals surface area (Å²) in [6.07, 6.45) is 0.760. The first-order valence-electron chi connectivity index (χ1n) is 8.49. The lowest BCUT2D eigenvalue weighted by Gasteiger charge is -2.20. The number of carbonyl (C=O) groups excluding carboxylic acids is 1. The van der Waals surface area contributed by atoms with Crippen molar-refractivity contribution in [1.82, 2.24) is 4.90 Å². The van der Waals surface area contributed by atoms with Crippen LogP contribution in [0.25, 0.3) is 0 Å². The summed E-state index contributed by atoms with van der Waals surface area (Å²) in [5.74, 6) is 0.653. The third kappa shape index (κ3) is 5.06. The third-order valence-corrected chi connectivity index (χ3v) is 5.59. The van der Waals surface area contributed by atoms with Crippen LogP contribution in [-0.2, 0) is 16.1 Å². The molecule has 0 aliphatic carbocycles. The van der Waals surface area contributed by atoms with Crippen molar-refractivity contribution in [2.75, 3.05) is 25.4 Å². The molecule has 1 aliphatic rings. The molecule has 1 atom stereocenters. The lowest BCUT2D eigenvalue weighted by Crippen LogP contribution is -2.35. The molecule has 0 N–H and O–H groups in total. The van der Waals surface area contributed by atoms with Gasteiger partial charge in [0.2, 0.25) is 5.91 Å². The van der Waals surface area contributed by atoms with Crippen LogP contribution >= 0.6 is 11.8 Å². The van der Waals surface area contributed by atoms with E-state index in [1.165, 1.54) is 6.07 Å². The monoisotopic (exact) mass is 359 g/mol. The van der Waals surface area contributed by atoms with Crippen LogP contribution in [0.3, 0.4) is 0 Å². The maximum absolute atomic E-state index is 14.0. The fourth-order valence-corrected chi connectivity index (χ4v) is 4.18. The molecule has 0 saturated carbocycles. The Morgan fingerprint density at radius 1 is 1.12 bits per heavy atom. The van der Waals surface area contributed by atoms with Gasteiger partial charge in [0.05, 0.1) is 6.61 Å². The highest BCUT2D eigenvalue weighted by atomic mass is 32.2. The lowest BCUT2D eigenvalue weighted by atomic mass is 10.1. The number of rotatable bonds is 5. The molecular weight excluding hydrogens is 337 g/mol. The van der Waals surface area contributed by atoms with Crippen molar-refractivity contribution >= 4 is 17.7 Å². The van der Waals surface area contributed by atoms with Crippen molar-refractivity contribution < 1.29 is 13.9 Å². The Morgan fingerprint density at radius 2 is 1.88 bits per heavy atom. The van der Waals surface area contributed by atoms with Gasteiger partial charge in [0.15, 0.2) is 0 Å². The van der Waals surface area contributed by atoms with E-state index in [4.69, 9.17) is 4.74 Å². The molecule has 0 spiro atoms. The van der Waals surface area contributed by atoms with Crippen LogP contribution in [0.5, 0.6) is 0 Å². The molecule has 0 aromatic heterocycles. The van der Waals surface area contributed by atoms with Crippen LogP contribution in [-0.4, -0.2) is 36.3 Å². The van der Waals surface area contributed by atoms with E-state index in [0.717, 1.165) is 23.3 Å². The first-order chi connectivity index (χ1) is 12.2. The number of hydrogen-bond donors (Lipinski definition) is 0. The van der Waals surface area contributed by atoms with E-state index in [1.807, 2.05) is 47.4 Å². The second kappa shape index (κ2) is 9.02. The van der Waals surface area contributed by atoms with Crippen molar-refractivity contribution in [2.24, 2.45) is 0 Å². The van der Waals surface area contributed by atoms with Gasteiger partial charge in [0, 0.05) is 29.7 Å². The first-order valence-corrected chi connectivity index (χ1v) is 9.54. The number of ether oxygens (including phenoxy) is 1. The van der Waals surface area contributed by atoms with Gasteiger partial charge in [0.25, 0.3) is 0 Å². The quantitative estimate of drug-likeness (QED) is 0.807. The van der Waals surface area contributed by atoms with Crippen LogP contribution in [0.1, 0.15) is 22.8 Å². The molecule has 2 aromatic carbocycles. The molecule has 5 heteroatoms. The molecular formula is C20H22FNO2S. The third-order valence-electron chi connectivity index (χ3n) is 4.28. The number of benzene rings is 2. The summed E-state index contributed by atoms with van der Waals surface area (Å²) in [6, 6.07) is 16.7. The Bertz CT molecular complexity index is 695. The fourth-order valence-electron chi connectivity index (χ4n) is 2.93. The van der Waals surface area contributed by atoms with Crippen LogP contribution in [0.2, 0.25) is 0 Å². The van der Waals surface area contributed by atoms with Crippen molar-refractivity contribution in [1.29, 1.82) is 0 Å². The first kappa shape index (κ1) is 18.0. The highest BCUT2D eigenvalue weighted by molar-refractivity contribution is 7.99. The lowest BCUT2D eigenvalue weighted by molar-refractivity contribution is -0.136. The largest absolute Gasteiger partial charge is 0.367 e. The molecule has 3 nitrogen and oxygen atoms in total. The van der Waals surface area contributed by atoms with Crippen molar-refractivity contribution in [2.45, 2.75) is 18.3 Å². The Balaban J connectivity index is 1.49. The molecule has 3 rings (SSSR count). The van der Waals surface area contributed by atoms with Crippen LogP contribution < -0.4 is 0 Å². The minimum atomic E-state index is -0.161. The topological polar surface area (TPSA) is 29.5 Å². The Labute approximate surface area is 152 Å². The summed E-state index contributed by atoms with van der Waals surface area (Å²) in [7, 11) is 0. The van der Waals surface area contributed by atoms with Crippen LogP contribution in [0, 0.1) is 5.82 Å². The fraction of sp³-hybridized carbons (Fsp3) is 0.350.